The Morgan fingerprint density at radius 2 is 1.88 bits per heavy atom. The van der Waals surface area contributed by atoms with Gasteiger partial charge in [-0.3, -0.25) is 4.79 Å². The number of pyridine rings is 1. The highest BCUT2D eigenvalue weighted by atomic mass is 16.2. The predicted molar refractivity (Wildman–Crippen MR) is 100.0 cm³/mol. The van der Waals surface area contributed by atoms with Gasteiger partial charge < -0.3 is 9.80 Å². The Morgan fingerprint density at radius 3 is 2.52 bits per heavy atom. The van der Waals surface area contributed by atoms with Crippen LogP contribution in [0.15, 0.2) is 36.5 Å². The van der Waals surface area contributed by atoms with Gasteiger partial charge in [-0.15, -0.1) is 0 Å². The highest BCUT2D eigenvalue weighted by molar-refractivity contribution is 5.96. The summed E-state index contributed by atoms with van der Waals surface area (Å²) in [6.07, 6.45) is 4.64. The maximum atomic E-state index is 12.7. The highest BCUT2D eigenvalue weighted by Crippen LogP contribution is 2.40. The van der Waals surface area contributed by atoms with Crippen LogP contribution >= 0.6 is 0 Å². The van der Waals surface area contributed by atoms with Gasteiger partial charge in [-0.2, -0.15) is 0 Å². The molecule has 1 saturated carbocycles. The lowest BCUT2D eigenvalue weighted by Crippen LogP contribution is -2.49. The van der Waals surface area contributed by atoms with Gasteiger partial charge in [0.2, 0.25) is 0 Å². The molecule has 1 aromatic carbocycles. The van der Waals surface area contributed by atoms with Crippen molar-refractivity contribution >= 4 is 11.7 Å². The number of carbonyl (C=O) groups excluding carboxylic acids is 1. The molecule has 1 saturated heterocycles. The van der Waals surface area contributed by atoms with Crippen LogP contribution in [0.1, 0.15) is 45.8 Å². The number of hydrogen-bond donors (Lipinski definition) is 0. The third-order valence-corrected chi connectivity index (χ3v) is 5.23. The Balaban J connectivity index is 1.43. The lowest BCUT2D eigenvalue weighted by atomic mass is 10.1. The number of rotatable bonds is 3. The summed E-state index contributed by atoms with van der Waals surface area (Å²) in [5.74, 6) is 1.88. The maximum Gasteiger partial charge on any atom is 0.254 e. The number of benzene rings is 1. The van der Waals surface area contributed by atoms with Crippen molar-refractivity contribution in [3.63, 3.8) is 0 Å². The molecule has 25 heavy (non-hydrogen) atoms. The van der Waals surface area contributed by atoms with E-state index in [0.29, 0.717) is 5.56 Å². The average molecular weight is 334 g/mol. The minimum Gasteiger partial charge on any atom is -0.353 e. The zero-order valence-corrected chi connectivity index (χ0v) is 14.7. The molecule has 1 aliphatic heterocycles. The molecule has 129 valence electrons. The summed E-state index contributed by atoms with van der Waals surface area (Å²) in [6.45, 7) is 9.20. The lowest BCUT2D eigenvalue weighted by molar-refractivity contribution is 0.0746. The van der Waals surface area contributed by atoms with Gasteiger partial charge in [0, 0.05) is 37.9 Å². The van der Waals surface area contributed by atoms with Crippen LogP contribution in [-0.2, 0) is 0 Å². The molecular weight excluding hydrogens is 310 g/mol. The average Bonchev–Trinajstić information content (AvgIpc) is 3.47. The molecule has 0 unspecified atom stereocenters. The van der Waals surface area contributed by atoms with E-state index in [1.54, 1.807) is 0 Å². The second-order valence-electron chi connectivity index (χ2n) is 7.12. The van der Waals surface area contributed by atoms with Gasteiger partial charge in [-0.25, -0.2) is 4.98 Å². The minimum atomic E-state index is 0.0824. The van der Waals surface area contributed by atoms with Crippen molar-refractivity contribution in [2.75, 3.05) is 31.1 Å². The molecule has 2 fully saturated rings. The van der Waals surface area contributed by atoms with E-state index in [-0.39, 0.29) is 5.91 Å². The van der Waals surface area contributed by atoms with Gasteiger partial charge >= 0.3 is 0 Å². The van der Waals surface area contributed by atoms with Crippen LogP contribution in [0.2, 0.25) is 0 Å². The molecule has 2 aromatic rings. The minimum absolute atomic E-state index is 0.0824. The Morgan fingerprint density at radius 1 is 1.16 bits per heavy atom. The number of nitrogens with zero attached hydrogens (tertiary/aromatic N) is 3. The molecule has 4 nitrogen and oxygen atoms in total. The van der Waals surface area contributed by atoms with E-state index < -0.39 is 0 Å². The Labute approximate surface area is 149 Å². The summed E-state index contributed by atoms with van der Waals surface area (Å²) in [6, 6.07) is 9.84. The van der Waals surface area contributed by atoms with Crippen LogP contribution in [0.4, 0.5) is 5.82 Å². The predicted octanol–water partition coefficient (Wildman–Crippen LogP) is 3.41. The number of carbonyl (C=O) groups is 1. The Hall–Kier alpha value is -2.36. The Kier molecular flexibility index (Phi) is 4.20. The van der Waals surface area contributed by atoms with E-state index in [2.05, 4.69) is 24.8 Å². The normalized spacial score (nSPS) is 17.7. The summed E-state index contributed by atoms with van der Waals surface area (Å²) >= 11 is 0. The van der Waals surface area contributed by atoms with E-state index in [9.17, 15) is 4.79 Å². The van der Waals surface area contributed by atoms with Gasteiger partial charge in [0.05, 0.1) is 0 Å². The van der Waals surface area contributed by atoms with Crippen LogP contribution in [0.5, 0.6) is 0 Å². The molecule has 4 rings (SSSR count). The van der Waals surface area contributed by atoms with Crippen molar-refractivity contribution in [1.29, 1.82) is 0 Å². The molecule has 0 atom stereocenters. The summed E-state index contributed by atoms with van der Waals surface area (Å²) in [4.78, 5) is 21.6. The van der Waals surface area contributed by atoms with Gasteiger partial charge in [-0.1, -0.05) is 24.3 Å². The molecule has 0 N–H and O–H groups in total. The SMILES string of the molecule is [CH2]c1ccccc1C(=O)N1CCN(c2ncc(C3CC3)cc2C)CC1. The quantitative estimate of drug-likeness (QED) is 0.863. The first-order valence-electron chi connectivity index (χ1n) is 9.05. The van der Waals surface area contributed by atoms with Crippen molar-refractivity contribution in [3.05, 3.63) is 65.7 Å². The topological polar surface area (TPSA) is 36.4 Å². The molecule has 1 aromatic heterocycles. The molecule has 0 bridgehead atoms. The van der Waals surface area contributed by atoms with Gasteiger partial charge in [0.15, 0.2) is 0 Å². The first-order chi connectivity index (χ1) is 12.1. The zero-order valence-electron chi connectivity index (χ0n) is 14.7. The number of aromatic nitrogens is 1. The largest absolute Gasteiger partial charge is 0.353 e. The second-order valence-corrected chi connectivity index (χ2v) is 7.12. The molecule has 1 amide bonds. The Bertz CT molecular complexity index is 789. The number of amides is 1. The van der Waals surface area contributed by atoms with E-state index in [0.717, 1.165) is 43.5 Å². The third kappa shape index (κ3) is 3.26. The smallest absolute Gasteiger partial charge is 0.254 e. The fourth-order valence-electron chi connectivity index (χ4n) is 3.58. The van der Waals surface area contributed by atoms with Gasteiger partial charge in [0.1, 0.15) is 5.82 Å². The second kappa shape index (κ2) is 6.51. The highest BCUT2D eigenvalue weighted by Gasteiger charge is 2.27. The standard InChI is InChI=1S/C21H24N3O/c1-15-5-3-4-6-19(15)21(25)24-11-9-23(10-12-24)20-16(2)13-18(14-22-20)17-7-8-17/h3-6,13-14,17H,1,7-12H2,2H3. The van der Waals surface area contributed by atoms with Crippen LogP contribution < -0.4 is 4.90 Å². The fourth-order valence-corrected chi connectivity index (χ4v) is 3.58. The summed E-state index contributed by atoms with van der Waals surface area (Å²) < 4.78 is 0. The van der Waals surface area contributed by atoms with Crippen molar-refractivity contribution in [2.24, 2.45) is 0 Å². The first-order valence-corrected chi connectivity index (χ1v) is 9.05. The maximum absolute atomic E-state index is 12.7. The van der Waals surface area contributed by atoms with Crippen molar-refractivity contribution in [3.8, 4) is 0 Å². The summed E-state index contributed by atoms with van der Waals surface area (Å²) in [7, 11) is 0. The number of hydrogen-bond acceptors (Lipinski definition) is 3. The molecule has 1 aliphatic carbocycles. The first kappa shape index (κ1) is 16.1. The fraction of sp³-hybridized carbons (Fsp3) is 0.381. The molecule has 0 spiro atoms. The molecule has 1 radical (unpaired) electrons. The third-order valence-electron chi connectivity index (χ3n) is 5.23. The van der Waals surface area contributed by atoms with Crippen LogP contribution in [0.3, 0.4) is 0 Å². The molecule has 2 heterocycles. The van der Waals surface area contributed by atoms with Gasteiger partial charge in [0.25, 0.3) is 5.91 Å². The summed E-state index contributed by atoms with van der Waals surface area (Å²) in [5.41, 5.74) is 4.12. The molecular formula is C21H24N3O. The van der Waals surface area contributed by atoms with E-state index in [1.807, 2.05) is 35.4 Å². The lowest BCUT2D eigenvalue weighted by Gasteiger charge is -2.36. The van der Waals surface area contributed by atoms with Gasteiger partial charge in [-0.05, 0) is 55.4 Å². The van der Waals surface area contributed by atoms with Crippen LogP contribution in [0, 0.1) is 13.8 Å². The molecule has 2 aliphatic rings. The van der Waals surface area contributed by atoms with Crippen molar-refractivity contribution in [1.82, 2.24) is 9.88 Å². The molecule has 4 heteroatoms. The van der Waals surface area contributed by atoms with E-state index >= 15 is 0 Å². The number of anilines is 1. The number of aryl methyl sites for hydroxylation is 1. The summed E-state index contributed by atoms with van der Waals surface area (Å²) in [5, 5.41) is 0. The van der Waals surface area contributed by atoms with Crippen molar-refractivity contribution < 1.29 is 4.79 Å². The van der Waals surface area contributed by atoms with E-state index in [1.165, 1.54) is 24.0 Å². The van der Waals surface area contributed by atoms with Crippen LogP contribution in [0.25, 0.3) is 0 Å². The van der Waals surface area contributed by atoms with E-state index in [4.69, 9.17) is 4.98 Å². The zero-order chi connectivity index (χ0) is 17.4. The monoisotopic (exact) mass is 334 g/mol. The number of piperazine rings is 1. The van der Waals surface area contributed by atoms with Crippen LogP contribution in [-0.4, -0.2) is 42.0 Å². The van der Waals surface area contributed by atoms with Crippen molar-refractivity contribution in [2.45, 2.75) is 25.7 Å².